The number of hydrogen-bond acceptors (Lipinski definition) is 5. The van der Waals surface area contributed by atoms with Crippen molar-refractivity contribution in [3.63, 3.8) is 0 Å². The van der Waals surface area contributed by atoms with Gasteiger partial charge in [-0.2, -0.15) is 0 Å². The molecule has 1 aromatic rings. The van der Waals surface area contributed by atoms with Crippen LogP contribution >= 0.6 is 0 Å². The third-order valence-electron chi connectivity index (χ3n) is 3.80. The molecule has 0 spiro atoms. The molecule has 0 saturated carbocycles. The Morgan fingerprint density at radius 3 is 2.56 bits per heavy atom. The Morgan fingerprint density at radius 1 is 1.24 bits per heavy atom. The van der Waals surface area contributed by atoms with E-state index in [9.17, 15) is 14.4 Å². The summed E-state index contributed by atoms with van der Waals surface area (Å²) >= 11 is 0. The summed E-state index contributed by atoms with van der Waals surface area (Å²) in [6.45, 7) is 6.00. The first-order chi connectivity index (χ1) is 11.8. The fourth-order valence-corrected chi connectivity index (χ4v) is 2.71. The van der Waals surface area contributed by atoms with E-state index in [1.54, 1.807) is 23.1 Å². The van der Waals surface area contributed by atoms with E-state index >= 15 is 0 Å². The second kappa shape index (κ2) is 8.62. The highest BCUT2D eigenvalue weighted by Crippen LogP contribution is 2.10. The van der Waals surface area contributed by atoms with Gasteiger partial charge in [0.1, 0.15) is 6.54 Å². The molecule has 1 aliphatic heterocycles. The molecule has 1 aromatic carbocycles. The zero-order valence-corrected chi connectivity index (χ0v) is 14.8. The molecule has 1 aliphatic rings. The molecule has 0 aromatic heterocycles. The van der Waals surface area contributed by atoms with Crippen LogP contribution in [0.1, 0.15) is 29.8 Å². The maximum absolute atomic E-state index is 12.1. The molecule has 1 heterocycles. The lowest BCUT2D eigenvalue weighted by molar-refractivity contribution is -0.156. The fourth-order valence-electron chi connectivity index (χ4n) is 2.71. The highest BCUT2D eigenvalue weighted by molar-refractivity contribution is 5.96. The molecule has 25 heavy (non-hydrogen) atoms. The number of amides is 2. The van der Waals surface area contributed by atoms with E-state index in [4.69, 9.17) is 9.47 Å². The topological polar surface area (TPSA) is 84.9 Å². The molecular formula is C18H24N2O5. The summed E-state index contributed by atoms with van der Waals surface area (Å²) in [4.78, 5) is 37.4. The van der Waals surface area contributed by atoms with Gasteiger partial charge in [0.2, 0.25) is 0 Å². The lowest BCUT2D eigenvalue weighted by atomic mass is 10.1. The van der Waals surface area contributed by atoms with Gasteiger partial charge in [0.15, 0.2) is 6.61 Å². The van der Waals surface area contributed by atoms with E-state index in [1.807, 2.05) is 26.8 Å². The van der Waals surface area contributed by atoms with Crippen LogP contribution < -0.4 is 5.32 Å². The summed E-state index contributed by atoms with van der Waals surface area (Å²) in [5.74, 6) is -1.27. The Labute approximate surface area is 147 Å². The minimum Gasteiger partial charge on any atom is -0.454 e. The van der Waals surface area contributed by atoms with Crippen molar-refractivity contribution in [1.82, 2.24) is 10.2 Å². The number of rotatable bonds is 5. The van der Waals surface area contributed by atoms with Crippen molar-refractivity contribution in [2.75, 3.05) is 26.2 Å². The van der Waals surface area contributed by atoms with Crippen LogP contribution in [0.2, 0.25) is 0 Å². The Hall–Kier alpha value is -2.41. The normalized spacial score (nSPS) is 20.0. The zero-order chi connectivity index (χ0) is 18.4. The molecule has 0 unspecified atom stereocenters. The first-order valence-electron chi connectivity index (χ1n) is 8.29. The van der Waals surface area contributed by atoms with Crippen LogP contribution in [0.25, 0.3) is 0 Å². The second-order valence-corrected chi connectivity index (χ2v) is 6.27. The molecule has 1 N–H and O–H groups in total. The van der Waals surface area contributed by atoms with Crippen molar-refractivity contribution in [3.05, 3.63) is 35.4 Å². The summed E-state index contributed by atoms with van der Waals surface area (Å²) in [6, 6.07) is 7.04. The Morgan fingerprint density at radius 2 is 1.92 bits per heavy atom. The van der Waals surface area contributed by atoms with E-state index in [0.717, 1.165) is 5.56 Å². The number of carbonyl (C=O) groups is 3. The zero-order valence-electron chi connectivity index (χ0n) is 14.8. The van der Waals surface area contributed by atoms with E-state index in [2.05, 4.69) is 5.32 Å². The van der Waals surface area contributed by atoms with Crippen LogP contribution in [0.3, 0.4) is 0 Å². The van der Waals surface area contributed by atoms with Gasteiger partial charge >= 0.3 is 5.97 Å². The van der Waals surface area contributed by atoms with Crippen molar-refractivity contribution in [2.24, 2.45) is 0 Å². The molecule has 1 fully saturated rings. The number of nitrogens with one attached hydrogen (secondary N) is 1. The fraction of sp³-hybridized carbons (Fsp3) is 0.500. The molecule has 0 radical (unpaired) electrons. The summed E-state index contributed by atoms with van der Waals surface area (Å²) in [7, 11) is 0. The van der Waals surface area contributed by atoms with Gasteiger partial charge in [-0.05, 0) is 32.9 Å². The number of benzene rings is 1. The number of carbonyl (C=O) groups excluding carboxylic acids is 3. The van der Waals surface area contributed by atoms with Crippen LogP contribution in [0.5, 0.6) is 0 Å². The summed E-state index contributed by atoms with van der Waals surface area (Å²) in [5, 5.41) is 2.48. The van der Waals surface area contributed by atoms with Gasteiger partial charge < -0.3 is 19.7 Å². The van der Waals surface area contributed by atoms with Gasteiger partial charge in [0.25, 0.3) is 11.8 Å². The monoisotopic (exact) mass is 348 g/mol. The van der Waals surface area contributed by atoms with E-state index in [1.165, 1.54) is 0 Å². The summed E-state index contributed by atoms with van der Waals surface area (Å²) in [6.07, 6.45) is -0.0889. The van der Waals surface area contributed by atoms with Gasteiger partial charge in [-0.15, -0.1) is 0 Å². The smallest absolute Gasteiger partial charge is 0.325 e. The standard InChI is InChI=1S/C18H24N2O5/c1-12-5-4-6-15(7-12)18(23)19-8-17(22)24-11-16(21)20-9-13(2)25-14(3)10-20/h4-7,13-14H,8-11H2,1-3H3,(H,19,23)/t13-,14-/m1/s1. The third kappa shape index (κ3) is 5.86. The van der Waals surface area contributed by atoms with Gasteiger partial charge in [0, 0.05) is 18.7 Å². The van der Waals surface area contributed by atoms with Crippen LogP contribution in [0, 0.1) is 6.92 Å². The average Bonchev–Trinajstić information content (AvgIpc) is 2.56. The van der Waals surface area contributed by atoms with Crippen molar-refractivity contribution in [1.29, 1.82) is 0 Å². The van der Waals surface area contributed by atoms with Gasteiger partial charge in [0.05, 0.1) is 12.2 Å². The number of morpholine rings is 1. The highest BCUT2D eigenvalue weighted by atomic mass is 16.5. The van der Waals surface area contributed by atoms with Crippen LogP contribution in [-0.4, -0.2) is 61.1 Å². The lowest BCUT2D eigenvalue weighted by Crippen LogP contribution is -2.49. The lowest BCUT2D eigenvalue weighted by Gasteiger charge is -2.35. The van der Waals surface area contributed by atoms with Gasteiger partial charge in [-0.3, -0.25) is 14.4 Å². The third-order valence-corrected chi connectivity index (χ3v) is 3.80. The first kappa shape index (κ1) is 18.9. The Kier molecular flexibility index (Phi) is 6.52. The number of esters is 1. The van der Waals surface area contributed by atoms with E-state index in [0.29, 0.717) is 18.7 Å². The molecule has 2 atom stereocenters. The molecule has 0 aliphatic carbocycles. The molecule has 2 rings (SSSR count). The van der Waals surface area contributed by atoms with Crippen molar-refractivity contribution in [3.8, 4) is 0 Å². The van der Waals surface area contributed by atoms with E-state index in [-0.39, 0.29) is 37.2 Å². The van der Waals surface area contributed by atoms with E-state index < -0.39 is 5.97 Å². The predicted octanol–water partition coefficient (Wildman–Crippen LogP) is 0.904. The van der Waals surface area contributed by atoms with Gasteiger partial charge in [-0.25, -0.2) is 0 Å². The number of ether oxygens (including phenoxy) is 2. The van der Waals surface area contributed by atoms with Crippen LogP contribution in [-0.2, 0) is 19.1 Å². The Bertz CT molecular complexity index is 636. The predicted molar refractivity (Wildman–Crippen MR) is 91.1 cm³/mol. The molecule has 1 saturated heterocycles. The number of hydrogen-bond donors (Lipinski definition) is 1. The molecule has 136 valence electrons. The van der Waals surface area contributed by atoms with Crippen molar-refractivity contribution >= 4 is 17.8 Å². The summed E-state index contributed by atoms with van der Waals surface area (Å²) in [5.41, 5.74) is 1.43. The molecular weight excluding hydrogens is 324 g/mol. The number of nitrogens with zero attached hydrogens (tertiary/aromatic N) is 1. The molecule has 7 nitrogen and oxygen atoms in total. The quantitative estimate of drug-likeness (QED) is 0.800. The second-order valence-electron chi connectivity index (χ2n) is 6.27. The molecule has 2 amide bonds. The Balaban J connectivity index is 1.73. The first-order valence-corrected chi connectivity index (χ1v) is 8.29. The number of aryl methyl sites for hydroxylation is 1. The highest BCUT2D eigenvalue weighted by Gasteiger charge is 2.26. The largest absolute Gasteiger partial charge is 0.454 e. The maximum Gasteiger partial charge on any atom is 0.325 e. The SMILES string of the molecule is Cc1cccc(C(=O)NCC(=O)OCC(=O)N2C[C@@H](C)O[C@H](C)C2)c1. The van der Waals surface area contributed by atoms with Crippen LogP contribution in [0.15, 0.2) is 24.3 Å². The molecule has 0 bridgehead atoms. The minimum atomic E-state index is -0.649. The average molecular weight is 348 g/mol. The van der Waals surface area contributed by atoms with Crippen molar-refractivity contribution in [2.45, 2.75) is 33.0 Å². The minimum absolute atomic E-state index is 0.0444. The summed E-state index contributed by atoms with van der Waals surface area (Å²) < 4.78 is 10.5. The maximum atomic E-state index is 12.1. The molecule has 7 heteroatoms. The van der Waals surface area contributed by atoms with Gasteiger partial charge in [-0.1, -0.05) is 17.7 Å². The van der Waals surface area contributed by atoms with Crippen LogP contribution in [0.4, 0.5) is 0 Å². The van der Waals surface area contributed by atoms with Crippen molar-refractivity contribution < 1.29 is 23.9 Å².